The van der Waals surface area contributed by atoms with Gasteiger partial charge in [0.1, 0.15) is 5.69 Å². The molecule has 0 spiro atoms. The SMILES string of the molecule is C[Si](=O)c1cc(-c2cn(Cc3ccc4cc(CNCC5CCC5)[nH]c4c3)nn2)c2cn[nH]c2c1. The van der Waals surface area contributed by atoms with Crippen LogP contribution in [0.5, 0.6) is 0 Å². The molecule has 172 valence electrons. The first-order valence-corrected chi connectivity index (χ1v) is 13.7. The molecular formula is C25H27N7OSi. The molecule has 6 rings (SSSR count). The average molecular weight is 470 g/mol. The average Bonchev–Trinajstić information content (AvgIpc) is 3.53. The summed E-state index contributed by atoms with van der Waals surface area (Å²) in [6.07, 6.45) is 7.83. The van der Waals surface area contributed by atoms with Crippen molar-refractivity contribution < 1.29 is 4.46 Å². The zero-order chi connectivity index (χ0) is 23.1. The van der Waals surface area contributed by atoms with Gasteiger partial charge in [-0.1, -0.05) is 23.8 Å². The summed E-state index contributed by atoms with van der Waals surface area (Å²) in [4.78, 5) is 3.55. The fraction of sp³-hybridized carbons (Fsp3) is 0.320. The first kappa shape index (κ1) is 21.1. The third-order valence-corrected chi connectivity index (χ3v) is 7.94. The highest BCUT2D eigenvalue weighted by Gasteiger charge is 2.17. The summed E-state index contributed by atoms with van der Waals surface area (Å²) in [6, 6.07) is 12.6. The number of hydrogen-bond donors (Lipinski definition) is 3. The minimum Gasteiger partial charge on any atom is -0.383 e. The molecule has 0 amide bonds. The van der Waals surface area contributed by atoms with Crippen LogP contribution >= 0.6 is 0 Å². The van der Waals surface area contributed by atoms with Crippen LogP contribution in [-0.4, -0.2) is 45.4 Å². The van der Waals surface area contributed by atoms with Crippen molar-refractivity contribution in [3.8, 4) is 11.3 Å². The van der Waals surface area contributed by atoms with Crippen LogP contribution in [0.3, 0.4) is 0 Å². The molecule has 5 aromatic rings. The molecule has 1 saturated carbocycles. The molecule has 9 heteroatoms. The lowest BCUT2D eigenvalue weighted by molar-refractivity contribution is 0.301. The number of nitrogens with zero attached hydrogens (tertiary/aromatic N) is 4. The standard InChI is InChI=1S/C25H27N7OSi/c1-34(33)20-9-21(22-13-27-29-24(22)10-20)25-15-32(31-30-25)14-17-5-6-18-8-19(28-23(18)7-17)12-26-11-16-3-2-4-16/h5-10,13,15-16,26,28H,2-4,11-12,14H2,1H3,(H,27,29). The van der Waals surface area contributed by atoms with Gasteiger partial charge in [-0.2, -0.15) is 5.10 Å². The second kappa shape index (κ2) is 8.73. The maximum Gasteiger partial charge on any atom is 0.308 e. The number of benzene rings is 2. The highest BCUT2D eigenvalue weighted by atomic mass is 28.3. The molecule has 1 aliphatic rings. The van der Waals surface area contributed by atoms with Gasteiger partial charge in [-0.25, -0.2) is 4.68 Å². The molecule has 3 N–H and O–H groups in total. The van der Waals surface area contributed by atoms with Gasteiger partial charge in [0.2, 0.25) is 0 Å². The van der Waals surface area contributed by atoms with E-state index < -0.39 is 8.68 Å². The molecule has 1 aliphatic carbocycles. The minimum atomic E-state index is -1.84. The summed E-state index contributed by atoms with van der Waals surface area (Å²) in [7, 11) is -1.84. The van der Waals surface area contributed by atoms with Gasteiger partial charge in [-0.3, -0.25) is 5.10 Å². The van der Waals surface area contributed by atoms with Crippen LogP contribution in [0.2, 0.25) is 6.55 Å². The number of aromatic amines is 2. The maximum atomic E-state index is 12.2. The number of hydrogen-bond acceptors (Lipinski definition) is 5. The predicted octanol–water partition coefficient (Wildman–Crippen LogP) is 3.50. The molecule has 0 saturated heterocycles. The number of H-pyrrole nitrogens is 2. The van der Waals surface area contributed by atoms with E-state index in [9.17, 15) is 4.46 Å². The van der Waals surface area contributed by atoms with Crippen LogP contribution in [0, 0.1) is 5.92 Å². The van der Waals surface area contributed by atoms with E-state index in [1.165, 1.54) is 30.3 Å². The largest absolute Gasteiger partial charge is 0.383 e. The lowest BCUT2D eigenvalue weighted by Gasteiger charge is -2.25. The Morgan fingerprint density at radius 1 is 1.18 bits per heavy atom. The molecule has 3 aromatic heterocycles. The summed E-state index contributed by atoms with van der Waals surface area (Å²) in [5, 5.41) is 22.4. The molecule has 0 bridgehead atoms. The van der Waals surface area contributed by atoms with Gasteiger partial charge in [0, 0.05) is 28.7 Å². The van der Waals surface area contributed by atoms with Gasteiger partial charge < -0.3 is 14.8 Å². The van der Waals surface area contributed by atoms with E-state index in [1.807, 2.05) is 23.0 Å². The second-order valence-corrected chi connectivity index (χ2v) is 11.0. The van der Waals surface area contributed by atoms with Crippen LogP contribution in [0.1, 0.15) is 30.5 Å². The van der Waals surface area contributed by atoms with Crippen molar-refractivity contribution in [2.45, 2.75) is 38.9 Å². The van der Waals surface area contributed by atoms with Gasteiger partial charge in [0.25, 0.3) is 0 Å². The van der Waals surface area contributed by atoms with E-state index in [2.05, 4.69) is 55.1 Å². The van der Waals surface area contributed by atoms with Crippen molar-refractivity contribution in [2.24, 2.45) is 5.92 Å². The van der Waals surface area contributed by atoms with Crippen molar-refractivity contribution >= 4 is 35.7 Å². The Labute approximate surface area is 198 Å². The first-order chi connectivity index (χ1) is 16.6. The summed E-state index contributed by atoms with van der Waals surface area (Å²) >= 11 is 0. The van der Waals surface area contributed by atoms with Crippen LogP contribution in [0.25, 0.3) is 33.1 Å². The van der Waals surface area contributed by atoms with Gasteiger partial charge >= 0.3 is 8.68 Å². The van der Waals surface area contributed by atoms with Crippen LogP contribution in [-0.2, 0) is 17.6 Å². The Hall–Kier alpha value is -3.43. The maximum absolute atomic E-state index is 12.2. The predicted molar refractivity (Wildman–Crippen MR) is 133 cm³/mol. The Morgan fingerprint density at radius 3 is 2.91 bits per heavy atom. The molecule has 2 aromatic carbocycles. The molecule has 0 unspecified atom stereocenters. The zero-order valence-electron chi connectivity index (χ0n) is 19.1. The van der Waals surface area contributed by atoms with E-state index in [-0.39, 0.29) is 0 Å². The second-order valence-electron chi connectivity index (χ2n) is 9.36. The lowest BCUT2D eigenvalue weighted by Crippen LogP contribution is -2.26. The highest BCUT2D eigenvalue weighted by Crippen LogP contribution is 2.26. The summed E-state index contributed by atoms with van der Waals surface area (Å²) in [6.45, 7) is 4.35. The molecule has 3 heterocycles. The minimum absolute atomic E-state index is 0.621. The Bertz CT molecular complexity index is 1490. The van der Waals surface area contributed by atoms with Crippen molar-refractivity contribution in [2.75, 3.05) is 6.54 Å². The third-order valence-electron chi connectivity index (χ3n) is 6.84. The fourth-order valence-corrected chi connectivity index (χ4v) is 5.38. The van der Waals surface area contributed by atoms with E-state index in [0.29, 0.717) is 6.54 Å². The fourth-order valence-electron chi connectivity index (χ4n) is 4.69. The summed E-state index contributed by atoms with van der Waals surface area (Å²) < 4.78 is 14.0. The number of aromatic nitrogens is 6. The first-order valence-electron chi connectivity index (χ1n) is 11.8. The van der Waals surface area contributed by atoms with Crippen molar-refractivity contribution in [1.82, 2.24) is 35.5 Å². The Morgan fingerprint density at radius 2 is 2.09 bits per heavy atom. The Kier molecular flexibility index (Phi) is 5.42. The number of rotatable bonds is 8. The topological polar surface area (TPSA) is 104 Å². The van der Waals surface area contributed by atoms with Crippen molar-refractivity contribution in [3.05, 3.63) is 60.0 Å². The van der Waals surface area contributed by atoms with Crippen molar-refractivity contribution in [3.63, 3.8) is 0 Å². The monoisotopic (exact) mass is 469 g/mol. The van der Waals surface area contributed by atoms with Crippen molar-refractivity contribution in [1.29, 1.82) is 0 Å². The smallest absolute Gasteiger partial charge is 0.308 e. The molecule has 0 aliphatic heterocycles. The molecular weight excluding hydrogens is 442 g/mol. The number of fused-ring (bicyclic) bond motifs is 2. The molecule has 8 nitrogen and oxygen atoms in total. The van der Waals surface area contributed by atoms with E-state index >= 15 is 0 Å². The van der Waals surface area contributed by atoms with Gasteiger partial charge in [-0.05, 0) is 72.3 Å². The van der Waals surface area contributed by atoms with Crippen LogP contribution in [0.4, 0.5) is 0 Å². The van der Waals surface area contributed by atoms with Crippen LogP contribution in [0.15, 0.2) is 48.8 Å². The number of nitrogens with one attached hydrogen (secondary N) is 3. The third kappa shape index (κ3) is 4.12. The molecule has 0 atom stereocenters. The van der Waals surface area contributed by atoms with E-state index in [0.717, 1.165) is 57.4 Å². The quantitative estimate of drug-likeness (QED) is 0.302. The summed E-state index contributed by atoms with van der Waals surface area (Å²) in [5.41, 5.74) is 6.01. The molecule has 34 heavy (non-hydrogen) atoms. The van der Waals surface area contributed by atoms with Gasteiger partial charge in [0.15, 0.2) is 0 Å². The molecule has 1 fully saturated rings. The highest BCUT2D eigenvalue weighted by molar-refractivity contribution is 6.58. The van der Waals surface area contributed by atoms with Crippen LogP contribution < -0.4 is 10.5 Å². The zero-order valence-corrected chi connectivity index (χ0v) is 20.1. The van der Waals surface area contributed by atoms with Gasteiger partial charge in [0.05, 0.1) is 24.5 Å². The lowest BCUT2D eigenvalue weighted by atomic mass is 9.85. The Balaban J connectivity index is 1.20. The normalized spacial score (nSPS) is 14.1. The summed E-state index contributed by atoms with van der Waals surface area (Å²) in [5.74, 6) is 0.862. The van der Waals surface area contributed by atoms with E-state index in [4.69, 9.17) is 0 Å². The van der Waals surface area contributed by atoms with E-state index in [1.54, 1.807) is 12.7 Å². The molecule has 0 radical (unpaired) electrons. The van der Waals surface area contributed by atoms with Gasteiger partial charge in [-0.15, -0.1) is 5.10 Å².